The van der Waals surface area contributed by atoms with Crippen LogP contribution in [0.3, 0.4) is 0 Å². The van der Waals surface area contributed by atoms with Gasteiger partial charge in [-0.3, -0.25) is 9.59 Å². The van der Waals surface area contributed by atoms with E-state index in [1.54, 1.807) is 19.2 Å². The van der Waals surface area contributed by atoms with E-state index in [1.165, 1.54) is 28.5 Å². The summed E-state index contributed by atoms with van der Waals surface area (Å²) < 4.78 is 6.26. The van der Waals surface area contributed by atoms with Crippen molar-refractivity contribution in [1.29, 1.82) is 0 Å². The second-order valence-electron chi connectivity index (χ2n) is 5.77. The SMILES string of the molecule is CC(C)c1ccc(NC(=O)COC(=O)c2ccn(C)c(=O)c2)cc1. The summed E-state index contributed by atoms with van der Waals surface area (Å²) >= 11 is 0. The number of ether oxygens (including phenoxy) is 1. The minimum absolute atomic E-state index is 0.118. The zero-order chi connectivity index (χ0) is 17.7. The van der Waals surface area contributed by atoms with Crippen molar-refractivity contribution in [2.45, 2.75) is 19.8 Å². The Morgan fingerprint density at radius 3 is 2.42 bits per heavy atom. The van der Waals surface area contributed by atoms with Gasteiger partial charge in [-0.05, 0) is 29.7 Å². The molecule has 6 heteroatoms. The van der Waals surface area contributed by atoms with Gasteiger partial charge in [0.25, 0.3) is 11.5 Å². The molecule has 0 saturated heterocycles. The van der Waals surface area contributed by atoms with E-state index in [0.717, 1.165) is 0 Å². The van der Waals surface area contributed by atoms with Gasteiger partial charge in [-0.25, -0.2) is 4.79 Å². The smallest absolute Gasteiger partial charge is 0.338 e. The van der Waals surface area contributed by atoms with Crippen LogP contribution in [0.4, 0.5) is 5.69 Å². The zero-order valence-electron chi connectivity index (χ0n) is 13.9. The monoisotopic (exact) mass is 328 g/mol. The van der Waals surface area contributed by atoms with Gasteiger partial charge >= 0.3 is 5.97 Å². The molecule has 0 aliphatic heterocycles. The molecule has 0 aliphatic carbocycles. The van der Waals surface area contributed by atoms with Crippen molar-refractivity contribution in [2.75, 3.05) is 11.9 Å². The van der Waals surface area contributed by atoms with E-state index in [-0.39, 0.29) is 11.1 Å². The molecule has 1 aromatic heterocycles. The number of aromatic nitrogens is 1. The number of hydrogen-bond donors (Lipinski definition) is 1. The number of aryl methyl sites for hydroxylation is 1. The molecule has 2 aromatic rings. The average molecular weight is 328 g/mol. The van der Waals surface area contributed by atoms with Gasteiger partial charge in [-0.15, -0.1) is 0 Å². The fourth-order valence-electron chi connectivity index (χ4n) is 2.04. The molecule has 2 rings (SSSR count). The highest BCUT2D eigenvalue weighted by Gasteiger charge is 2.11. The van der Waals surface area contributed by atoms with Gasteiger partial charge in [0.05, 0.1) is 5.56 Å². The van der Waals surface area contributed by atoms with Gasteiger partial charge in [0, 0.05) is 25.0 Å². The number of anilines is 1. The maximum absolute atomic E-state index is 11.8. The predicted molar refractivity (Wildman–Crippen MR) is 91.1 cm³/mol. The van der Waals surface area contributed by atoms with E-state index < -0.39 is 18.5 Å². The van der Waals surface area contributed by atoms with Crippen LogP contribution >= 0.6 is 0 Å². The van der Waals surface area contributed by atoms with Gasteiger partial charge in [0.2, 0.25) is 0 Å². The number of carbonyl (C=O) groups is 2. The van der Waals surface area contributed by atoms with E-state index in [1.807, 2.05) is 12.1 Å². The first kappa shape index (κ1) is 17.5. The first-order valence-electron chi connectivity index (χ1n) is 7.60. The summed E-state index contributed by atoms with van der Waals surface area (Å²) in [5.41, 5.74) is 1.60. The third-order valence-electron chi connectivity index (χ3n) is 3.54. The number of pyridine rings is 1. The normalized spacial score (nSPS) is 10.5. The van der Waals surface area contributed by atoms with Gasteiger partial charge in [-0.2, -0.15) is 0 Å². The third-order valence-corrected chi connectivity index (χ3v) is 3.54. The lowest BCUT2D eigenvalue weighted by atomic mass is 10.0. The van der Waals surface area contributed by atoms with Crippen molar-refractivity contribution >= 4 is 17.6 Å². The number of nitrogens with zero attached hydrogens (tertiary/aromatic N) is 1. The molecular formula is C18H20N2O4. The Labute approximate surface area is 140 Å². The maximum atomic E-state index is 11.8. The standard InChI is InChI=1S/C18H20N2O4/c1-12(2)13-4-6-15(7-5-13)19-16(21)11-24-18(23)14-8-9-20(3)17(22)10-14/h4-10,12H,11H2,1-3H3,(H,19,21). The Morgan fingerprint density at radius 2 is 1.83 bits per heavy atom. The van der Waals surface area contributed by atoms with E-state index >= 15 is 0 Å². The molecular weight excluding hydrogens is 308 g/mol. The summed E-state index contributed by atoms with van der Waals surface area (Å²) in [6.07, 6.45) is 1.47. The third kappa shape index (κ3) is 4.55. The Morgan fingerprint density at radius 1 is 1.17 bits per heavy atom. The van der Waals surface area contributed by atoms with Crippen LogP contribution < -0.4 is 10.9 Å². The fraction of sp³-hybridized carbons (Fsp3) is 0.278. The molecule has 0 unspecified atom stereocenters. The minimum Gasteiger partial charge on any atom is -0.452 e. The number of hydrogen-bond acceptors (Lipinski definition) is 4. The molecule has 1 aromatic carbocycles. The highest BCUT2D eigenvalue weighted by Crippen LogP contribution is 2.17. The molecule has 0 radical (unpaired) electrons. The summed E-state index contributed by atoms with van der Waals surface area (Å²) in [7, 11) is 1.58. The summed E-state index contributed by atoms with van der Waals surface area (Å²) in [6, 6.07) is 10.1. The Bertz CT molecular complexity index is 791. The predicted octanol–water partition coefficient (Wildman–Crippen LogP) is 2.30. The Hall–Kier alpha value is -2.89. The second-order valence-corrected chi connectivity index (χ2v) is 5.77. The van der Waals surface area contributed by atoms with Crippen molar-refractivity contribution < 1.29 is 14.3 Å². The summed E-state index contributed by atoms with van der Waals surface area (Å²) in [5.74, 6) is -0.739. The van der Waals surface area contributed by atoms with Crippen molar-refractivity contribution in [1.82, 2.24) is 4.57 Å². The van der Waals surface area contributed by atoms with Crippen LogP contribution in [0.15, 0.2) is 47.4 Å². The van der Waals surface area contributed by atoms with E-state index in [0.29, 0.717) is 11.6 Å². The second kappa shape index (κ2) is 7.59. The quantitative estimate of drug-likeness (QED) is 0.854. The topological polar surface area (TPSA) is 77.4 Å². The zero-order valence-corrected chi connectivity index (χ0v) is 13.9. The van der Waals surface area contributed by atoms with Crippen LogP contribution in [0.1, 0.15) is 35.7 Å². The van der Waals surface area contributed by atoms with Crippen LogP contribution in [0.5, 0.6) is 0 Å². The molecule has 24 heavy (non-hydrogen) atoms. The van der Waals surface area contributed by atoms with Gasteiger partial charge in [-0.1, -0.05) is 26.0 Å². The lowest BCUT2D eigenvalue weighted by molar-refractivity contribution is -0.119. The van der Waals surface area contributed by atoms with Crippen LogP contribution in [-0.2, 0) is 16.6 Å². The molecule has 0 saturated carbocycles. The van der Waals surface area contributed by atoms with E-state index in [2.05, 4.69) is 19.2 Å². The summed E-state index contributed by atoms with van der Waals surface area (Å²) in [5, 5.41) is 2.65. The first-order valence-corrected chi connectivity index (χ1v) is 7.60. The van der Waals surface area contributed by atoms with Crippen molar-refractivity contribution in [3.05, 3.63) is 64.1 Å². The van der Waals surface area contributed by atoms with Crippen LogP contribution in [0, 0.1) is 0 Å². The molecule has 6 nitrogen and oxygen atoms in total. The number of rotatable bonds is 5. The molecule has 0 atom stereocenters. The molecule has 0 bridgehead atoms. The van der Waals surface area contributed by atoms with Crippen molar-refractivity contribution in [3.8, 4) is 0 Å². The number of esters is 1. The minimum atomic E-state index is -0.710. The number of carbonyl (C=O) groups excluding carboxylic acids is 2. The summed E-state index contributed by atoms with van der Waals surface area (Å²) in [6.45, 7) is 3.76. The number of nitrogens with one attached hydrogen (secondary N) is 1. The Kier molecular flexibility index (Phi) is 5.52. The van der Waals surface area contributed by atoms with E-state index in [9.17, 15) is 14.4 Å². The Balaban J connectivity index is 1.89. The highest BCUT2D eigenvalue weighted by atomic mass is 16.5. The lowest BCUT2D eigenvalue weighted by Crippen LogP contribution is -2.22. The molecule has 126 valence electrons. The molecule has 1 heterocycles. The highest BCUT2D eigenvalue weighted by molar-refractivity contribution is 5.95. The van der Waals surface area contributed by atoms with Crippen LogP contribution in [-0.4, -0.2) is 23.1 Å². The van der Waals surface area contributed by atoms with Crippen molar-refractivity contribution in [2.24, 2.45) is 7.05 Å². The van der Waals surface area contributed by atoms with Gasteiger partial charge in [0.1, 0.15) is 0 Å². The molecule has 1 N–H and O–H groups in total. The largest absolute Gasteiger partial charge is 0.452 e. The van der Waals surface area contributed by atoms with Crippen molar-refractivity contribution in [3.63, 3.8) is 0 Å². The van der Waals surface area contributed by atoms with Crippen LogP contribution in [0.25, 0.3) is 0 Å². The lowest BCUT2D eigenvalue weighted by Gasteiger charge is -2.09. The van der Waals surface area contributed by atoms with Gasteiger partial charge < -0.3 is 14.6 Å². The molecule has 1 amide bonds. The number of benzene rings is 1. The summed E-state index contributed by atoms with van der Waals surface area (Å²) in [4.78, 5) is 35.1. The van der Waals surface area contributed by atoms with E-state index in [4.69, 9.17) is 4.74 Å². The molecule has 0 spiro atoms. The maximum Gasteiger partial charge on any atom is 0.338 e. The number of amides is 1. The van der Waals surface area contributed by atoms with Gasteiger partial charge in [0.15, 0.2) is 6.61 Å². The first-order chi connectivity index (χ1) is 11.4. The molecule has 0 fully saturated rings. The van der Waals surface area contributed by atoms with Crippen LogP contribution in [0.2, 0.25) is 0 Å². The fourth-order valence-corrected chi connectivity index (χ4v) is 2.04. The molecule has 0 aliphatic rings. The average Bonchev–Trinajstić information content (AvgIpc) is 2.55.